The molecule has 0 aromatic carbocycles. The first-order valence-corrected chi connectivity index (χ1v) is 5.57. The lowest BCUT2D eigenvalue weighted by atomic mass is 10.1. The molecule has 0 bridgehead atoms. The Morgan fingerprint density at radius 1 is 1.47 bits per heavy atom. The zero-order valence-corrected chi connectivity index (χ0v) is 9.32. The summed E-state index contributed by atoms with van der Waals surface area (Å²) in [6.45, 7) is 2.60. The van der Waals surface area contributed by atoms with E-state index in [-0.39, 0.29) is 24.3 Å². The minimum Gasteiger partial charge on any atom is -0.334 e. The molecule has 0 spiro atoms. The second-order valence-corrected chi connectivity index (χ2v) is 4.75. The van der Waals surface area contributed by atoms with Crippen LogP contribution in [0.2, 0.25) is 0 Å². The quantitative estimate of drug-likeness (QED) is 0.715. The van der Waals surface area contributed by atoms with Crippen LogP contribution in [-0.4, -0.2) is 42.8 Å². The van der Waals surface area contributed by atoms with E-state index in [0.29, 0.717) is 11.8 Å². The van der Waals surface area contributed by atoms with Gasteiger partial charge in [0, 0.05) is 6.54 Å². The molecule has 1 saturated carbocycles. The van der Waals surface area contributed by atoms with Gasteiger partial charge in [-0.05, 0) is 38.6 Å². The Bertz CT molecular complexity index is 290. The van der Waals surface area contributed by atoms with Crippen molar-refractivity contribution in [3.63, 3.8) is 0 Å². The van der Waals surface area contributed by atoms with E-state index in [9.17, 15) is 9.59 Å². The van der Waals surface area contributed by atoms with Crippen molar-refractivity contribution in [2.45, 2.75) is 25.8 Å². The molecule has 1 saturated heterocycles. The highest BCUT2D eigenvalue weighted by Crippen LogP contribution is 2.44. The normalized spacial score (nSPS) is 34.7. The van der Waals surface area contributed by atoms with E-state index >= 15 is 0 Å². The fraction of sp³-hybridized carbons (Fsp3) is 0.818. The number of carbonyl (C=O) groups is 2. The summed E-state index contributed by atoms with van der Waals surface area (Å²) >= 11 is 0. The molecule has 1 aliphatic carbocycles. The van der Waals surface area contributed by atoms with Crippen LogP contribution in [-0.2, 0) is 9.59 Å². The maximum Gasteiger partial charge on any atom is 0.240 e. The summed E-state index contributed by atoms with van der Waals surface area (Å²) in [7, 11) is 1.82. The number of nitrogens with zero attached hydrogens (tertiary/aromatic N) is 1. The third kappa shape index (κ3) is 2.20. The molecule has 1 heterocycles. The molecular formula is C11H18N2O2. The lowest BCUT2D eigenvalue weighted by Crippen LogP contribution is -2.46. The Morgan fingerprint density at radius 3 is 2.80 bits per heavy atom. The summed E-state index contributed by atoms with van der Waals surface area (Å²) < 4.78 is 0. The largest absolute Gasteiger partial charge is 0.334 e. The van der Waals surface area contributed by atoms with Crippen molar-refractivity contribution in [1.29, 1.82) is 0 Å². The molecule has 3 unspecified atom stereocenters. The van der Waals surface area contributed by atoms with Crippen LogP contribution in [0.1, 0.15) is 19.8 Å². The van der Waals surface area contributed by atoms with E-state index in [1.54, 1.807) is 4.90 Å². The number of rotatable bonds is 3. The number of fused-ring (bicyclic) bond motifs is 1. The first-order valence-electron chi connectivity index (χ1n) is 5.57. The third-order valence-electron chi connectivity index (χ3n) is 3.43. The lowest BCUT2D eigenvalue weighted by molar-refractivity contribution is -0.136. The average Bonchev–Trinajstić information content (AvgIpc) is 2.89. The van der Waals surface area contributed by atoms with Crippen LogP contribution in [0.15, 0.2) is 0 Å². The van der Waals surface area contributed by atoms with E-state index in [1.165, 1.54) is 13.3 Å². The lowest BCUT2D eigenvalue weighted by Gasteiger charge is -2.24. The van der Waals surface area contributed by atoms with Crippen molar-refractivity contribution in [1.82, 2.24) is 10.2 Å². The van der Waals surface area contributed by atoms with Crippen molar-refractivity contribution >= 4 is 11.7 Å². The van der Waals surface area contributed by atoms with Crippen LogP contribution in [0.5, 0.6) is 0 Å². The number of nitrogens with one attached hydrogen (secondary N) is 1. The standard InChI is InChI=1S/C11H18N2O2/c1-7(14)5-13-6-9-3-8(9)4-10(12-2)11(13)15/h8-10,12H,3-6H2,1-2H3. The maximum absolute atomic E-state index is 12.0. The smallest absolute Gasteiger partial charge is 0.240 e. The molecular weight excluding hydrogens is 192 g/mol. The zero-order valence-electron chi connectivity index (χ0n) is 9.32. The Kier molecular flexibility index (Phi) is 2.78. The van der Waals surface area contributed by atoms with Gasteiger partial charge in [-0.2, -0.15) is 0 Å². The van der Waals surface area contributed by atoms with Crippen molar-refractivity contribution in [2.75, 3.05) is 20.1 Å². The maximum atomic E-state index is 12.0. The number of hydrogen-bond acceptors (Lipinski definition) is 3. The van der Waals surface area contributed by atoms with Crippen LogP contribution in [0.25, 0.3) is 0 Å². The van der Waals surface area contributed by atoms with Crippen LogP contribution in [0.3, 0.4) is 0 Å². The van der Waals surface area contributed by atoms with Crippen molar-refractivity contribution in [2.24, 2.45) is 11.8 Å². The Labute approximate surface area is 90.0 Å². The van der Waals surface area contributed by atoms with Gasteiger partial charge in [-0.1, -0.05) is 0 Å². The van der Waals surface area contributed by atoms with Crippen LogP contribution < -0.4 is 5.32 Å². The Balaban J connectivity index is 2.07. The summed E-state index contributed by atoms with van der Waals surface area (Å²) in [4.78, 5) is 24.8. The summed E-state index contributed by atoms with van der Waals surface area (Å²) in [6, 6.07) is -0.0816. The van der Waals surface area contributed by atoms with Gasteiger partial charge in [0.15, 0.2) is 0 Å². The topological polar surface area (TPSA) is 49.4 Å². The highest BCUT2D eigenvalue weighted by molar-refractivity contribution is 5.87. The van der Waals surface area contributed by atoms with Gasteiger partial charge < -0.3 is 10.2 Å². The predicted molar refractivity (Wildman–Crippen MR) is 56.3 cm³/mol. The minimum atomic E-state index is -0.0816. The van der Waals surface area contributed by atoms with Crippen molar-refractivity contribution in [3.05, 3.63) is 0 Å². The number of likely N-dealkylation sites (N-methyl/N-ethyl adjacent to an activating group) is 1. The van der Waals surface area contributed by atoms with Crippen LogP contribution in [0.4, 0.5) is 0 Å². The third-order valence-corrected chi connectivity index (χ3v) is 3.43. The Hall–Kier alpha value is -0.900. The first kappa shape index (κ1) is 10.6. The van der Waals surface area contributed by atoms with E-state index in [4.69, 9.17) is 0 Å². The number of likely N-dealkylation sites (tertiary alicyclic amines) is 1. The van der Waals surface area contributed by atoms with Gasteiger partial charge >= 0.3 is 0 Å². The van der Waals surface area contributed by atoms with E-state index in [1.807, 2.05) is 7.05 Å². The number of amides is 1. The van der Waals surface area contributed by atoms with Crippen molar-refractivity contribution in [3.8, 4) is 0 Å². The molecule has 2 fully saturated rings. The minimum absolute atomic E-state index is 0.0669. The molecule has 15 heavy (non-hydrogen) atoms. The van der Waals surface area contributed by atoms with E-state index in [0.717, 1.165) is 13.0 Å². The zero-order chi connectivity index (χ0) is 11.0. The molecule has 4 nitrogen and oxygen atoms in total. The molecule has 2 rings (SSSR count). The first-order chi connectivity index (χ1) is 7.11. The van der Waals surface area contributed by atoms with Gasteiger partial charge in [0.2, 0.25) is 5.91 Å². The monoisotopic (exact) mass is 210 g/mol. The average molecular weight is 210 g/mol. The summed E-state index contributed by atoms with van der Waals surface area (Å²) in [5, 5.41) is 3.05. The van der Waals surface area contributed by atoms with E-state index < -0.39 is 0 Å². The molecule has 1 N–H and O–H groups in total. The van der Waals surface area contributed by atoms with Crippen LogP contribution >= 0.6 is 0 Å². The molecule has 4 heteroatoms. The number of carbonyl (C=O) groups excluding carboxylic acids is 2. The van der Waals surface area contributed by atoms with Gasteiger partial charge in [0.1, 0.15) is 5.78 Å². The second-order valence-electron chi connectivity index (χ2n) is 4.75. The number of ketones is 1. The van der Waals surface area contributed by atoms with Gasteiger partial charge in [-0.3, -0.25) is 9.59 Å². The van der Waals surface area contributed by atoms with Crippen molar-refractivity contribution < 1.29 is 9.59 Å². The molecule has 84 valence electrons. The molecule has 0 radical (unpaired) electrons. The molecule has 1 aliphatic heterocycles. The van der Waals surface area contributed by atoms with Crippen LogP contribution in [0, 0.1) is 11.8 Å². The summed E-state index contributed by atoms with van der Waals surface area (Å²) in [6.07, 6.45) is 2.16. The number of hydrogen-bond donors (Lipinski definition) is 1. The van der Waals surface area contributed by atoms with Gasteiger partial charge in [-0.25, -0.2) is 0 Å². The Morgan fingerprint density at radius 2 is 2.20 bits per heavy atom. The predicted octanol–water partition coefficient (Wildman–Crippen LogP) is 0.0318. The highest BCUT2D eigenvalue weighted by Gasteiger charge is 2.45. The summed E-state index contributed by atoms with van der Waals surface area (Å²) in [5.74, 6) is 1.51. The molecule has 0 aromatic heterocycles. The number of Topliss-reactive ketones (excluding diaryl/α,β-unsaturated/α-hetero) is 1. The van der Waals surface area contributed by atoms with Gasteiger partial charge in [0.05, 0.1) is 12.6 Å². The molecule has 3 atom stereocenters. The highest BCUT2D eigenvalue weighted by atomic mass is 16.2. The second kappa shape index (κ2) is 3.93. The molecule has 2 aliphatic rings. The van der Waals surface area contributed by atoms with Gasteiger partial charge in [0.25, 0.3) is 0 Å². The fourth-order valence-corrected chi connectivity index (χ4v) is 2.47. The fourth-order valence-electron chi connectivity index (χ4n) is 2.47. The SMILES string of the molecule is CNC1CC2CC2CN(CC(C)=O)C1=O. The van der Waals surface area contributed by atoms with E-state index in [2.05, 4.69) is 5.32 Å². The molecule has 1 amide bonds. The molecule has 0 aromatic rings. The summed E-state index contributed by atoms with van der Waals surface area (Å²) in [5.41, 5.74) is 0. The van der Waals surface area contributed by atoms with Gasteiger partial charge in [-0.15, -0.1) is 0 Å².